The van der Waals surface area contributed by atoms with Crippen LogP contribution in [-0.2, 0) is 0 Å². The summed E-state index contributed by atoms with van der Waals surface area (Å²) in [6, 6.07) is 18.1. The maximum absolute atomic E-state index is 12.7. The monoisotopic (exact) mass is 359 g/mol. The molecular formula is C21H17N3O3. The molecule has 2 aromatic carbocycles. The van der Waals surface area contributed by atoms with Gasteiger partial charge in [-0.2, -0.15) is 0 Å². The van der Waals surface area contributed by atoms with Gasteiger partial charge in [-0.25, -0.2) is 0 Å². The second-order valence-electron chi connectivity index (χ2n) is 6.12. The summed E-state index contributed by atoms with van der Waals surface area (Å²) in [6.45, 7) is 1.81. The highest BCUT2D eigenvalue weighted by Crippen LogP contribution is 2.29. The van der Waals surface area contributed by atoms with Gasteiger partial charge in [-0.3, -0.25) is 9.59 Å². The van der Waals surface area contributed by atoms with E-state index in [-0.39, 0.29) is 11.3 Å². The first-order valence-corrected chi connectivity index (χ1v) is 8.46. The van der Waals surface area contributed by atoms with Gasteiger partial charge in [0.2, 0.25) is 0 Å². The molecule has 0 aliphatic heterocycles. The standard InChI is InChI=1S/C21H17N3O3/c1-13-19-14(12-22-13)11-17(24-21(19)26)20(25)23-16-9-5-6-10-18(16)27-15-7-3-2-4-8-15/h2-12,22H,1H3,(H,23,25)(H,24,26). The molecule has 0 unspecified atom stereocenters. The number of para-hydroxylation sites is 3. The van der Waals surface area contributed by atoms with Crippen molar-refractivity contribution in [3.05, 3.63) is 88.6 Å². The number of aromatic amines is 2. The SMILES string of the molecule is Cc1[nH]cc2cc(C(=O)Nc3ccccc3Oc3ccccc3)[nH]c(=O)c12. The van der Waals surface area contributed by atoms with Crippen LogP contribution in [0.25, 0.3) is 10.8 Å². The lowest BCUT2D eigenvalue weighted by molar-refractivity contribution is 0.102. The van der Waals surface area contributed by atoms with Crippen molar-refractivity contribution >= 4 is 22.4 Å². The number of rotatable bonds is 4. The Balaban J connectivity index is 1.63. The van der Waals surface area contributed by atoms with Gasteiger partial charge in [-0.15, -0.1) is 0 Å². The molecule has 2 heterocycles. The van der Waals surface area contributed by atoms with Gasteiger partial charge in [-0.05, 0) is 37.3 Å². The van der Waals surface area contributed by atoms with Crippen LogP contribution < -0.4 is 15.6 Å². The van der Waals surface area contributed by atoms with Gasteiger partial charge in [-0.1, -0.05) is 30.3 Å². The number of H-pyrrole nitrogens is 2. The fourth-order valence-electron chi connectivity index (χ4n) is 2.92. The van der Waals surface area contributed by atoms with E-state index >= 15 is 0 Å². The fraction of sp³-hybridized carbons (Fsp3) is 0.0476. The van der Waals surface area contributed by atoms with Gasteiger partial charge in [0.1, 0.15) is 11.4 Å². The molecule has 0 saturated heterocycles. The van der Waals surface area contributed by atoms with Crippen molar-refractivity contribution in [3.63, 3.8) is 0 Å². The average molecular weight is 359 g/mol. The zero-order valence-electron chi connectivity index (χ0n) is 14.6. The van der Waals surface area contributed by atoms with Crippen LogP contribution in [0.3, 0.4) is 0 Å². The topological polar surface area (TPSA) is 87.0 Å². The van der Waals surface area contributed by atoms with Crippen LogP contribution in [0.1, 0.15) is 16.2 Å². The van der Waals surface area contributed by atoms with Crippen LogP contribution in [-0.4, -0.2) is 15.9 Å². The Hall–Kier alpha value is -3.80. The smallest absolute Gasteiger partial charge is 0.272 e. The Labute approximate surface area is 154 Å². The molecular weight excluding hydrogens is 342 g/mol. The summed E-state index contributed by atoms with van der Waals surface area (Å²) >= 11 is 0. The van der Waals surface area contributed by atoms with Crippen LogP contribution in [0.5, 0.6) is 11.5 Å². The van der Waals surface area contributed by atoms with Crippen LogP contribution in [0.15, 0.2) is 71.7 Å². The summed E-state index contributed by atoms with van der Waals surface area (Å²) in [6.07, 6.45) is 1.71. The number of nitrogens with one attached hydrogen (secondary N) is 3. The number of amides is 1. The first kappa shape index (κ1) is 16.7. The maximum Gasteiger partial charge on any atom is 0.272 e. The Kier molecular flexibility index (Phi) is 4.22. The van der Waals surface area contributed by atoms with E-state index in [0.29, 0.717) is 28.0 Å². The highest BCUT2D eigenvalue weighted by Gasteiger charge is 2.14. The molecule has 3 N–H and O–H groups in total. The predicted molar refractivity (Wildman–Crippen MR) is 105 cm³/mol. The lowest BCUT2D eigenvalue weighted by Gasteiger charge is -2.12. The number of aryl methyl sites for hydroxylation is 1. The van der Waals surface area contributed by atoms with E-state index in [1.165, 1.54) is 0 Å². The van der Waals surface area contributed by atoms with Crippen molar-refractivity contribution in [2.24, 2.45) is 0 Å². The van der Waals surface area contributed by atoms with Gasteiger partial charge >= 0.3 is 0 Å². The Bertz CT molecular complexity index is 1180. The van der Waals surface area contributed by atoms with Gasteiger partial charge in [0, 0.05) is 17.3 Å². The molecule has 6 nitrogen and oxygen atoms in total. The molecule has 0 atom stereocenters. The van der Waals surface area contributed by atoms with Crippen LogP contribution in [0.2, 0.25) is 0 Å². The maximum atomic E-state index is 12.7. The van der Waals surface area contributed by atoms with Crippen LogP contribution >= 0.6 is 0 Å². The molecule has 2 aromatic heterocycles. The molecule has 0 bridgehead atoms. The minimum atomic E-state index is -0.419. The largest absolute Gasteiger partial charge is 0.455 e. The molecule has 0 radical (unpaired) electrons. The molecule has 0 aliphatic carbocycles. The zero-order chi connectivity index (χ0) is 18.8. The molecule has 0 fully saturated rings. The van der Waals surface area contributed by atoms with Crippen molar-refractivity contribution in [2.75, 3.05) is 5.32 Å². The van der Waals surface area contributed by atoms with Crippen LogP contribution in [0.4, 0.5) is 5.69 Å². The van der Waals surface area contributed by atoms with E-state index in [4.69, 9.17) is 4.74 Å². The van der Waals surface area contributed by atoms with E-state index in [2.05, 4.69) is 15.3 Å². The molecule has 4 aromatic rings. The minimum absolute atomic E-state index is 0.181. The second-order valence-corrected chi connectivity index (χ2v) is 6.12. The summed E-state index contributed by atoms with van der Waals surface area (Å²) in [5.74, 6) is 0.756. The number of carbonyl (C=O) groups excluding carboxylic acids is 1. The number of aromatic nitrogens is 2. The predicted octanol–water partition coefficient (Wildman–Crippen LogP) is 4.21. The van der Waals surface area contributed by atoms with E-state index in [0.717, 1.165) is 5.69 Å². The lowest BCUT2D eigenvalue weighted by atomic mass is 10.2. The summed E-state index contributed by atoms with van der Waals surface area (Å²) in [4.78, 5) is 30.6. The van der Waals surface area contributed by atoms with Gasteiger partial charge in [0.15, 0.2) is 5.75 Å². The molecule has 134 valence electrons. The number of anilines is 1. The molecule has 6 heteroatoms. The normalized spacial score (nSPS) is 10.7. The number of hydrogen-bond acceptors (Lipinski definition) is 3. The summed E-state index contributed by atoms with van der Waals surface area (Å²) < 4.78 is 5.85. The number of fused-ring (bicyclic) bond motifs is 1. The first-order valence-electron chi connectivity index (χ1n) is 8.46. The quantitative estimate of drug-likeness (QED) is 0.510. The third-order valence-corrected chi connectivity index (χ3v) is 4.23. The molecule has 0 spiro atoms. The van der Waals surface area contributed by atoms with Crippen molar-refractivity contribution in [2.45, 2.75) is 6.92 Å². The molecule has 27 heavy (non-hydrogen) atoms. The number of ether oxygens (including phenoxy) is 1. The van der Waals surface area contributed by atoms with Crippen molar-refractivity contribution in [1.29, 1.82) is 0 Å². The summed E-state index contributed by atoms with van der Waals surface area (Å²) in [5, 5.41) is 4.05. The zero-order valence-corrected chi connectivity index (χ0v) is 14.6. The van der Waals surface area contributed by atoms with Gasteiger partial charge < -0.3 is 20.0 Å². The minimum Gasteiger partial charge on any atom is -0.455 e. The van der Waals surface area contributed by atoms with E-state index in [9.17, 15) is 9.59 Å². The van der Waals surface area contributed by atoms with Gasteiger partial charge in [0.05, 0.1) is 11.1 Å². The summed E-state index contributed by atoms with van der Waals surface area (Å²) in [5.41, 5.74) is 1.16. The van der Waals surface area contributed by atoms with Gasteiger partial charge in [0.25, 0.3) is 11.5 Å². The lowest BCUT2D eigenvalue weighted by Crippen LogP contribution is -2.19. The molecule has 4 rings (SSSR count). The second kappa shape index (κ2) is 6.84. The Morgan fingerprint density at radius 2 is 1.78 bits per heavy atom. The molecule has 0 saturated carbocycles. The third-order valence-electron chi connectivity index (χ3n) is 4.23. The highest BCUT2D eigenvalue weighted by molar-refractivity contribution is 6.05. The number of pyridine rings is 1. The van der Waals surface area contributed by atoms with E-state index < -0.39 is 5.91 Å². The van der Waals surface area contributed by atoms with E-state index in [1.54, 1.807) is 30.5 Å². The summed E-state index contributed by atoms with van der Waals surface area (Å²) in [7, 11) is 0. The number of carbonyl (C=O) groups is 1. The third kappa shape index (κ3) is 3.32. The molecule has 0 aliphatic rings. The van der Waals surface area contributed by atoms with Crippen molar-refractivity contribution in [3.8, 4) is 11.5 Å². The number of hydrogen-bond donors (Lipinski definition) is 3. The average Bonchev–Trinajstić information content (AvgIpc) is 3.05. The Morgan fingerprint density at radius 3 is 2.59 bits per heavy atom. The number of benzene rings is 2. The fourth-order valence-corrected chi connectivity index (χ4v) is 2.92. The first-order chi connectivity index (χ1) is 13.1. The Morgan fingerprint density at radius 1 is 1.04 bits per heavy atom. The highest BCUT2D eigenvalue weighted by atomic mass is 16.5. The van der Waals surface area contributed by atoms with Crippen molar-refractivity contribution in [1.82, 2.24) is 9.97 Å². The van der Waals surface area contributed by atoms with E-state index in [1.807, 2.05) is 43.3 Å². The molecule has 1 amide bonds. The van der Waals surface area contributed by atoms with Crippen molar-refractivity contribution < 1.29 is 9.53 Å². The van der Waals surface area contributed by atoms with Crippen LogP contribution in [0, 0.1) is 6.92 Å².